The average Bonchev–Trinajstić information content (AvgIpc) is 2.54. The van der Waals surface area contributed by atoms with Crippen LogP contribution in [-0.4, -0.2) is 28.5 Å². The van der Waals surface area contributed by atoms with Gasteiger partial charge in [0.05, 0.1) is 6.54 Å². The number of alkyl halides is 2. The first-order valence-corrected chi connectivity index (χ1v) is 6.73. The minimum atomic E-state index is -3.72. The Bertz CT molecular complexity index is 694. The second-order valence-electron chi connectivity index (χ2n) is 4.96. The van der Waals surface area contributed by atoms with Gasteiger partial charge in [-0.3, -0.25) is 14.7 Å². The molecule has 22 heavy (non-hydrogen) atoms. The molecular weight excluding hydrogens is 292 g/mol. The van der Waals surface area contributed by atoms with Crippen LogP contribution in [0.25, 0.3) is 0 Å². The smallest absolute Gasteiger partial charge is 0.366 e. The second-order valence-corrected chi connectivity index (χ2v) is 4.96. The summed E-state index contributed by atoms with van der Waals surface area (Å²) in [7, 11) is 0. The van der Waals surface area contributed by atoms with Crippen LogP contribution in [0.3, 0.4) is 0 Å². The van der Waals surface area contributed by atoms with Gasteiger partial charge in [0, 0.05) is 12.4 Å². The Balaban J connectivity index is 1.99. The minimum absolute atomic E-state index is 0.0277. The number of nitrogens with zero attached hydrogens (tertiary/aromatic N) is 3. The molecule has 1 aliphatic rings. The van der Waals surface area contributed by atoms with Crippen molar-refractivity contribution in [2.75, 3.05) is 11.4 Å². The Morgan fingerprint density at radius 3 is 2.77 bits per heavy atom. The third-order valence-electron chi connectivity index (χ3n) is 3.29. The van der Waals surface area contributed by atoms with Gasteiger partial charge in [0.15, 0.2) is 0 Å². The van der Waals surface area contributed by atoms with Gasteiger partial charge in [-0.1, -0.05) is 6.07 Å². The number of anilines is 1. The Kier molecular flexibility index (Phi) is 3.48. The lowest BCUT2D eigenvalue weighted by molar-refractivity contribution is -0.145. The van der Waals surface area contributed by atoms with Gasteiger partial charge in [-0.05, 0) is 31.2 Å². The lowest BCUT2D eigenvalue weighted by Gasteiger charge is -2.34. The van der Waals surface area contributed by atoms with E-state index in [0.717, 1.165) is 11.0 Å². The SMILES string of the molecule is C[C@@H]1CN(C(=O)C(F)(F)c2ccccn2)c2cccnc2O1. The molecule has 2 aromatic heterocycles. The highest BCUT2D eigenvalue weighted by molar-refractivity contribution is 6.00. The number of ether oxygens (including phenoxy) is 1. The molecule has 0 bridgehead atoms. The number of amides is 1. The van der Waals surface area contributed by atoms with Crippen molar-refractivity contribution in [3.63, 3.8) is 0 Å². The van der Waals surface area contributed by atoms with E-state index in [1.807, 2.05) is 0 Å². The molecule has 0 unspecified atom stereocenters. The van der Waals surface area contributed by atoms with Gasteiger partial charge in [-0.15, -0.1) is 0 Å². The van der Waals surface area contributed by atoms with E-state index in [4.69, 9.17) is 4.74 Å². The molecule has 0 N–H and O–H groups in total. The van der Waals surface area contributed by atoms with Crippen LogP contribution in [0.2, 0.25) is 0 Å². The molecule has 0 saturated carbocycles. The van der Waals surface area contributed by atoms with Crippen molar-refractivity contribution in [3.05, 3.63) is 48.4 Å². The fourth-order valence-electron chi connectivity index (χ4n) is 2.28. The zero-order valence-corrected chi connectivity index (χ0v) is 11.7. The van der Waals surface area contributed by atoms with Crippen molar-refractivity contribution >= 4 is 11.6 Å². The van der Waals surface area contributed by atoms with Crippen LogP contribution in [0.5, 0.6) is 5.88 Å². The summed E-state index contributed by atoms with van der Waals surface area (Å²) >= 11 is 0. The number of rotatable bonds is 2. The highest BCUT2D eigenvalue weighted by Gasteiger charge is 2.47. The van der Waals surface area contributed by atoms with Gasteiger partial charge >= 0.3 is 11.8 Å². The third-order valence-corrected chi connectivity index (χ3v) is 3.29. The van der Waals surface area contributed by atoms with E-state index in [0.29, 0.717) is 0 Å². The maximum absolute atomic E-state index is 14.4. The van der Waals surface area contributed by atoms with E-state index >= 15 is 0 Å². The molecule has 0 spiro atoms. The van der Waals surface area contributed by atoms with Gasteiger partial charge in [0.25, 0.3) is 0 Å². The summed E-state index contributed by atoms with van der Waals surface area (Å²) in [6.07, 6.45) is 2.29. The lowest BCUT2D eigenvalue weighted by Crippen LogP contribution is -2.48. The van der Waals surface area contributed by atoms with Crippen LogP contribution < -0.4 is 9.64 Å². The summed E-state index contributed by atoms with van der Waals surface area (Å²) in [6.45, 7) is 1.72. The van der Waals surface area contributed by atoms with E-state index in [2.05, 4.69) is 9.97 Å². The summed E-state index contributed by atoms with van der Waals surface area (Å²) in [6, 6.07) is 7.16. The highest BCUT2D eigenvalue weighted by Crippen LogP contribution is 2.36. The molecule has 7 heteroatoms. The van der Waals surface area contributed by atoms with Gasteiger partial charge in [0.1, 0.15) is 17.5 Å². The fourth-order valence-corrected chi connectivity index (χ4v) is 2.28. The van der Waals surface area contributed by atoms with Crippen LogP contribution >= 0.6 is 0 Å². The monoisotopic (exact) mass is 305 g/mol. The summed E-state index contributed by atoms with van der Waals surface area (Å²) < 4.78 is 34.3. The molecule has 0 fully saturated rings. The molecule has 0 aliphatic carbocycles. The molecule has 2 aromatic rings. The third kappa shape index (κ3) is 2.38. The second kappa shape index (κ2) is 5.32. The molecule has 1 amide bonds. The van der Waals surface area contributed by atoms with E-state index in [1.54, 1.807) is 13.0 Å². The van der Waals surface area contributed by atoms with E-state index in [-0.39, 0.29) is 18.1 Å². The van der Waals surface area contributed by atoms with Crippen LogP contribution in [0.1, 0.15) is 12.6 Å². The highest BCUT2D eigenvalue weighted by atomic mass is 19.3. The number of hydrogen-bond donors (Lipinski definition) is 0. The summed E-state index contributed by atoms with van der Waals surface area (Å²) in [4.78, 5) is 21.0. The largest absolute Gasteiger partial charge is 0.471 e. The van der Waals surface area contributed by atoms with E-state index < -0.39 is 23.6 Å². The maximum atomic E-state index is 14.4. The van der Waals surface area contributed by atoms with Crippen LogP contribution in [0, 0.1) is 0 Å². The zero-order chi connectivity index (χ0) is 15.7. The summed E-state index contributed by atoms with van der Waals surface area (Å²) in [5, 5.41) is 0. The number of fused-ring (bicyclic) bond motifs is 1. The number of carbonyl (C=O) groups excluding carboxylic acids is 1. The van der Waals surface area contributed by atoms with Crippen LogP contribution in [0.15, 0.2) is 42.7 Å². The Hall–Kier alpha value is -2.57. The predicted octanol–water partition coefficient (Wildman–Crippen LogP) is 2.38. The van der Waals surface area contributed by atoms with Crippen molar-refractivity contribution in [2.24, 2.45) is 0 Å². The number of pyridine rings is 2. The van der Waals surface area contributed by atoms with Gasteiger partial charge in [-0.25, -0.2) is 4.98 Å². The quantitative estimate of drug-likeness (QED) is 0.855. The van der Waals surface area contributed by atoms with Crippen molar-refractivity contribution in [1.82, 2.24) is 9.97 Å². The molecule has 0 saturated heterocycles. The van der Waals surface area contributed by atoms with Gasteiger partial charge in [0.2, 0.25) is 5.88 Å². The van der Waals surface area contributed by atoms with Crippen LogP contribution in [-0.2, 0) is 10.7 Å². The fraction of sp³-hybridized carbons (Fsp3) is 0.267. The summed E-state index contributed by atoms with van der Waals surface area (Å²) in [5.74, 6) is -4.88. The Morgan fingerprint density at radius 1 is 1.27 bits per heavy atom. The molecule has 5 nitrogen and oxygen atoms in total. The predicted molar refractivity (Wildman–Crippen MR) is 74.8 cm³/mol. The molecule has 1 aliphatic heterocycles. The lowest BCUT2D eigenvalue weighted by atomic mass is 10.1. The first kappa shape index (κ1) is 14.4. The summed E-state index contributed by atoms with van der Waals surface area (Å²) in [5.41, 5.74) is -0.342. The maximum Gasteiger partial charge on any atom is 0.366 e. The van der Waals surface area contributed by atoms with E-state index in [9.17, 15) is 13.6 Å². The Labute approximate surface area is 125 Å². The van der Waals surface area contributed by atoms with E-state index in [1.165, 1.54) is 30.6 Å². The molecule has 3 rings (SSSR count). The van der Waals surface area contributed by atoms with Gasteiger partial charge in [-0.2, -0.15) is 8.78 Å². The topological polar surface area (TPSA) is 55.3 Å². The van der Waals surface area contributed by atoms with Gasteiger partial charge < -0.3 is 4.74 Å². The minimum Gasteiger partial charge on any atom is -0.471 e. The molecule has 0 aromatic carbocycles. The first-order chi connectivity index (χ1) is 10.5. The molecule has 3 heterocycles. The standard InChI is InChI=1S/C15H13F2N3O2/c1-10-9-20(11-5-4-8-19-13(11)22-10)14(21)15(16,17)12-6-2-3-7-18-12/h2-8,10H,9H2,1H3/t10-/m1/s1. The average molecular weight is 305 g/mol. The van der Waals surface area contributed by atoms with Crippen molar-refractivity contribution < 1.29 is 18.3 Å². The van der Waals surface area contributed by atoms with Crippen molar-refractivity contribution in [2.45, 2.75) is 19.0 Å². The van der Waals surface area contributed by atoms with Crippen molar-refractivity contribution in [3.8, 4) is 5.88 Å². The normalized spacial score (nSPS) is 17.6. The van der Waals surface area contributed by atoms with Crippen LogP contribution in [0.4, 0.5) is 14.5 Å². The molecular formula is C15H13F2N3O2. The molecule has 0 radical (unpaired) electrons. The van der Waals surface area contributed by atoms with Crippen molar-refractivity contribution in [1.29, 1.82) is 0 Å². The molecule has 114 valence electrons. The Morgan fingerprint density at radius 2 is 2.05 bits per heavy atom. The number of hydrogen-bond acceptors (Lipinski definition) is 4. The number of halogens is 2. The zero-order valence-electron chi connectivity index (χ0n) is 11.7. The number of carbonyl (C=O) groups is 1. The first-order valence-electron chi connectivity index (χ1n) is 6.73. The molecule has 1 atom stereocenters. The number of aromatic nitrogens is 2.